The molecule has 3 heteroatoms. The number of nitrogens with one attached hydrogen (secondary N) is 2. The van der Waals surface area contributed by atoms with Gasteiger partial charge in [0.1, 0.15) is 5.83 Å². The maximum atomic E-state index is 13.1. The van der Waals surface area contributed by atoms with Crippen LogP contribution in [-0.2, 0) is 0 Å². The second kappa shape index (κ2) is 4.30. The van der Waals surface area contributed by atoms with Crippen molar-refractivity contribution in [2.24, 2.45) is 11.3 Å². The number of allylic oxidation sites excluding steroid dienone is 2. The van der Waals surface area contributed by atoms with Crippen molar-refractivity contribution in [2.75, 3.05) is 0 Å². The van der Waals surface area contributed by atoms with Crippen LogP contribution < -0.4 is 0 Å². The Balaban J connectivity index is 5.02. The largest absolute Gasteiger partial charge is 0.308 e. The zero-order valence-corrected chi connectivity index (χ0v) is 8.61. The zero-order valence-electron chi connectivity index (χ0n) is 8.61. The van der Waals surface area contributed by atoms with E-state index in [2.05, 4.69) is 0 Å². The molecule has 0 aromatic rings. The van der Waals surface area contributed by atoms with Crippen LogP contribution in [0.5, 0.6) is 0 Å². The van der Waals surface area contributed by atoms with E-state index in [1.807, 2.05) is 27.7 Å². The lowest BCUT2D eigenvalue weighted by atomic mass is 9.77. The monoisotopic (exact) mass is 184 g/mol. The minimum atomic E-state index is -0.613. The topological polar surface area (TPSA) is 47.7 Å². The summed E-state index contributed by atoms with van der Waals surface area (Å²) in [4.78, 5) is 0. The normalized spacial score (nSPS) is 16.1. The molecule has 1 unspecified atom stereocenters. The highest BCUT2D eigenvalue weighted by Crippen LogP contribution is 2.31. The first-order chi connectivity index (χ1) is 5.84. The Bertz CT molecular complexity index is 236. The third-order valence-corrected chi connectivity index (χ3v) is 2.32. The second-order valence-electron chi connectivity index (χ2n) is 4.18. The van der Waals surface area contributed by atoms with Crippen LogP contribution in [0.4, 0.5) is 4.39 Å². The lowest BCUT2D eigenvalue weighted by Gasteiger charge is -2.27. The molecule has 0 aromatic heterocycles. The molecule has 74 valence electrons. The Morgan fingerprint density at radius 2 is 1.69 bits per heavy atom. The van der Waals surface area contributed by atoms with Crippen LogP contribution in [0.3, 0.4) is 0 Å². The van der Waals surface area contributed by atoms with Gasteiger partial charge in [0, 0.05) is 11.8 Å². The van der Waals surface area contributed by atoms with E-state index in [-0.39, 0.29) is 11.3 Å². The molecule has 0 heterocycles. The van der Waals surface area contributed by atoms with Crippen molar-refractivity contribution in [2.45, 2.75) is 27.7 Å². The number of hydrogen-bond donors (Lipinski definition) is 2. The summed E-state index contributed by atoms with van der Waals surface area (Å²) in [6.07, 6.45) is 1.65. The van der Waals surface area contributed by atoms with E-state index in [1.54, 1.807) is 0 Å². The van der Waals surface area contributed by atoms with Crippen molar-refractivity contribution in [1.29, 1.82) is 10.8 Å². The summed E-state index contributed by atoms with van der Waals surface area (Å²) in [5.74, 6) is -0.677. The van der Waals surface area contributed by atoms with Crippen molar-refractivity contribution in [3.05, 3.63) is 11.4 Å². The number of halogens is 1. The molecule has 0 bridgehead atoms. The molecule has 0 aromatic carbocycles. The van der Waals surface area contributed by atoms with E-state index < -0.39 is 5.83 Å². The fraction of sp³-hybridized carbons (Fsp3) is 0.600. The molecule has 0 spiro atoms. The molecule has 0 aliphatic carbocycles. The van der Waals surface area contributed by atoms with Gasteiger partial charge < -0.3 is 10.8 Å². The maximum absolute atomic E-state index is 13.1. The molecule has 0 radical (unpaired) electrons. The van der Waals surface area contributed by atoms with Gasteiger partial charge in [0.2, 0.25) is 0 Å². The van der Waals surface area contributed by atoms with Gasteiger partial charge in [0.15, 0.2) is 0 Å². The van der Waals surface area contributed by atoms with Crippen molar-refractivity contribution < 1.29 is 4.39 Å². The minimum Gasteiger partial charge on any atom is -0.308 e. The van der Waals surface area contributed by atoms with Crippen LogP contribution in [0.15, 0.2) is 11.4 Å². The van der Waals surface area contributed by atoms with Crippen LogP contribution in [0.2, 0.25) is 0 Å². The molecule has 2 N–H and O–H groups in total. The molecule has 2 nitrogen and oxygen atoms in total. The van der Waals surface area contributed by atoms with Gasteiger partial charge in [0.25, 0.3) is 0 Å². The van der Waals surface area contributed by atoms with Crippen molar-refractivity contribution in [3.8, 4) is 0 Å². The Hall–Kier alpha value is -0.990. The molecule has 0 saturated carbocycles. The van der Waals surface area contributed by atoms with Crippen molar-refractivity contribution >= 4 is 12.4 Å². The van der Waals surface area contributed by atoms with Crippen LogP contribution in [-0.4, -0.2) is 12.4 Å². The van der Waals surface area contributed by atoms with E-state index in [9.17, 15) is 4.39 Å². The molecule has 0 aliphatic rings. The standard InChI is InChI=1S/C10H17FN2/c1-7(10(2,3)4)8(5-12)9(11)6-13/h5-7,12-13H,1-4H3/b9-8-,12-5?,13-6?. The Labute approximate surface area is 78.9 Å². The third-order valence-electron chi connectivity index (χ3n) is 2.32. The molecule has 0 aliphatic heterocycles. The first-order valence-corrected chi connectivity index (χ1v) is 4.25. The van der Waals surface area contributed by atoms with Gasteiger partial charge in [-0.15, -0.1) is 0 Å². The van der Waals surface area contributed by atoms with E-state index in [1.165, 1.54) is 0 Å². The van der Waals surface area contributed by atoms with Crippen LogP contribution in [0.25, 0.3) is 0 Å². The lowest BCUT2D eigenvalue weighted by Crippen LogP contribution is -2.20. The Morgan fingerprint density at radius 3 is 1.92 bits per heavy atom. The molecule has 1 atom stereocenters. The molecule has 0 fully saturated rings. The molecular weight excluding hydrogens is 167 g/mol. The number of hydrogen-bond acceptors (Lipinski definition) is 2. The van der Waals surface area contributed by atoms with Crippen molar-refractivity contribution in [1.82, 2.24) is 0 Å². The minimum absolute atomic E-state index is 0.0633. The summed E-state index contributed by atoms with van der Waals surface area (Å²) < 4.78 is 13.1. The Kier molecular flexibility index (Phi) is 3.98. The predicted octanol–water partition coefficient (Wildman–Crippen LogP) is 3.19. The summed E-state index contributed by atoms with van der Waals surface area (Å²) in [6.45, 7) is 7.82. The molecule has 0 rings (SSSR count). The highest BCUT2D eigenvalue weighted by molar-refractivity contribution is 5.87. The van der Waals surface area contributed by atoms with Crippen molar-refractivity contribution in [3.63, 3.8) is 0 Å². The van der Waals surface area contributed by atoms with Gasteiger partial charge in [-0.3, -0.25) is 0 Å². The fourth-order valence-corrected chi connectivity index (χ4v) is 0.951. The van der Waals surface area contributed by atoms with Gasteiger partial charge >= 0.3 is 0 Å². The zero-order chi connectivity index (χ0) is 10.6. The van der Waals surface area contributed by atoms with Gasteiger partial charge in [-0.2, -0.15) is 0 Å². The van der Waals surface area contributed by atoms with Crippen LogP contribution >= 0.6 is 0 Å². The smallest absolute Gasteiger partial charge is 0.145 e. The highest BCUT2D eigenvalue weighted by atomic mass is 19.1. The van der Waals surface area contributed by atoms with Crippen LogP contribution in [0.1, 0.15) is 27.7 Å². The van der Waals surface area contributed by atoms with E-state index in [0.29, 0.717) is 11.8 Å². The average molecular weight is 184 g/mol. The van der Waals surface area contributed by atoms with Gasteiger partial charge in [-0.05, 0) is 11.3 Å². The highest BCUT2D eigenvalue weighted by Gasteiger charge is 2.24. The summed E-state index contributed by atoms with van der Waals surface area (Å²) in [6, 6.07) is 0. The summed E-state index contributed by atoms with van der Waals surface area (Å²) in [7, 11) is 0. The summed E-state index contributed by atoms with van der Waals surface area (Å²) in [5.41, 5.74) is 0.204. The van der Waals surface area contributed by atoms with E-state index in [0.717, 1.165) is 6.21 Å². The molecule has 13 heavy (non-hydrogen) atoms. The predicted molar refractivity (Wildman–Crippen MR) is 54.3 cm³/mol. The molecule has 0 amide bonds. The van der Waals surface area contributed by atoms with Gasteiger partial charge in [-0.25, -0.2) is 4.39 Å². The first kappa shape index (κ1) is 12.0. The molecular formula is C10H17FN2. The SMILES string of the molecule is CC(/C(C=N)=C(\F)C=N)C(C)(C)C. The summed E-state index contributed by atoms with van der Waals surface area (Å²) in [5, 5.41) is 13.9. The number of rotatable bonds is 3. The fourth-order valence-electron chi connectivity index (χ4n) is 0.951. The third kappa shape index (κ3) is 3.09. The molecule has 0 saturated heterocycles. The maximum Gasteiger partial charge on any atom is 0.145 e. The first-order valence-electron chi connectivity index (χ1n) is 4.25. The van der Waals surface area contributed by atoms with Gasteiger partial charge in [-0.1, -0.05) is 27.7 Å². The Morgan fingerprint density at radius 1 is 1.23 bits per heavy atom. The lowest BCUT2D eigenvalue weighted by molar-refractivity contribution is 0.304. The van der Waals surface area contributed by atoms with E-state index >= 15 is 0 Å². The van der Waals surface area contributed by atoms with E-state index in [4.69, 9.17) is 10.8 Å². The average Bonchev–Trinajstić information content (AvgIpc) is 2.03. The second-order valence-corrected chi connectivity index (χ2v) is 4.18. The quantitative estimate of drug-likeness (QED) is 0.633. The van der Waals surface area contributed by atoms with Crippen LogP contribution in [0, 0.1) is 22.2 Å². The van der Waals surface area contributed by atoms with Gasteiger partial charge in [0.05, 0.1) is 6.21 Å². The summed E-state index contributed by atoms with van der Waals surface area (Å²) >= 11 is 0.